The number of allylic oxidation sites excluding steroid dienone is 2. The average molecular weight is 212 g/mol. The van der Waals surface area contributed by atoms with Gasteiger partial charge in [-0.15, -0.1) is 0 Å². The lowest BCUT2D eigenvalue weighted by Crippen LogP contribution is -2.11. The third-order valence-corrected chi connectivity index (χ3v) is 2.55. The second-order valence-electron chi connectivity index (χ2n) is 3.75. The van der Waals surface area contributed by atoms with Crippen LogP contribution in [0.4, 0.5) is 0 Å². The fourth-order valence-electron chi connectivity index (χ4n) is 1.66. The molecular formula is C12H20O3. The molecule has 0 aromatic carbocycles. The van der Waals surface area contributed by atoms with E-state index in [1.54, 1.807) is 7.11 Å². The fraction of sp³-hybridized carbons (Fsp3) is 0.750. The van der Waals surface area contributed by atoms with Crippen LogP contribution in [0.3, 0.4) is 0 Å². The van der Waals surface area contributed by atoms with Crippen LogP contribution in [0.1, 0.15) is 32.1 Å². The second-order valence-corrected chi connectivity index (χ2v) is 3.75. The first-order valence-corrected chi connectivity index (χ1v) is 5.63. The lowest BCUT2D eigenvalue weighted by molar-refractivity contribution is -0.116. The zero-order chi connectivity index (χ0) is 10.9. The molecule has 0 atom stereocenters. The molecule has 0 aliphatic heterocycles. The second kappa shape index (κ2) is 7.60. The lowest BCUT2D eigenvalue weighted by atomic mass is 9.95. The average Bonchev–Trinajstić information content (AvgIpc) is 2.30. The maximum absolute atomic E-state index is 11.7. The van der Waals surface area contributed by atoms with Gasteiger partial charge < -0.3 is 9.47 Å². The fourth-order valence-corrected chi connectivity index (χ4v) is 1.66. The molecule has 3 nitrogen and oxygen atoms in total. The molecule has 1 aliphatic rings. The minimum absolute atomic E-state index is 0.257. The van der Waals surface area contributed by atoms with Crippen molar-refractivity contribution in [1.29, 1.82) is 0 Å². The molecule has 1 aliphatic carbocycles. The summed E-state index contributed by atoms with van der Waals surface area (Å²) in [6.07, 6.45) is 6.99. The summed E-state index contributed by atoms with van der Waals surface area (Å²) in [5.41, 5.74) is 1.01. The van der Waals surface area contributed by atoms with Crippen LogP contribution in [-0.2, 0) is 14.3 Å². The number of methoxy groups -OCH3 is 1. The highest BCUT2D eigenvalue weighted by molar-refractivity contribution is 5.95. The van der Waals surface area contributed by atoms with E-state index in [1.165, 1.54) is 6.42 Å². The third-order valence-electron chi connectivity index (χ3n) is 2.55. The van der Waals surface area contributed by atoms with E-state index < -0.39 is 0 Å². The summed E-state index contributed by atoms with van der Waals surface area (Å²) in [7, 11) is 1.64. The quantitative estimate of drug-likeness (QED) is 0.606. The van der Waals surface area contributed by atoms with Crippen LogP contribution in [0.15, 0.2) is 11.6 Å². The molecule has 0 amide bonds. The molecule has 0 unspecified atom stereocenters. The van der Waals surface area contributed by atoms with Gasteiger partial charge in [-0.25, -0.2) is 0 Å². The SMILES string of the molecule is COCCOCCC(=O)C1=CCCCC1. The van der Waals surface area contributed by atoms with Gasteiger partial charge in [0.1, 0.15) is 0 Å². The Morgan fingerprint density at radius 2 is 2.20 bits per heavy atom. The first-order valence-electron chi connectivity index (χ1n) is 5.63. The Bertz CT molecular complexity index is 221. The van der Waals surface area contributed by atoms with Crippen LogP contribution >= 0.6 is 0 Å². The summed E-state index contributed by atoms with van der Waals surface area (Å²) >= 11 is 0. The van der Waals surface area contributed by atoms with E-state index in [2.05, 4.69) is 6.08 Å². The van der Waals surface area contributed by atoms with E-state index in [4.69, 9.17) is 9.47 Å². The zero-order valence-corrected chi connectivity index (χ0v) is 9.46. The van der Waals surface area contributed by atoms with Gasteiger partial charge >= 0.3 is 0 Å². The van der Waals surface area contributed by atoms with Gasteiger partial charge in [0.2, 0.25) is 0 Å². The van der Waals surface area contributed by atoms with Gasteiger partial charge in [0.05, 0.1) is 19.8 Å². The van der Waals surface area contributed by atoms with Crippen LogP contribution in [-0.4, -0.2) is 32.7 Å². The van der Waals surface area contributed by atoms with Gasteiger partial charge in [-0.3, -0.25) is 4.79 Å². The van der Waals surface area contributed by atoms with E-state index in [-0.39, 0.29) is 5.78 Å². The van der Waals surface area contributed by atoms with E-state index >= 15 is 0 Å². The Labute approximate surface area is 91.4 Å². The summed E-state index contributed by atoms with van der Waals surface area (Å²) < 4.78 is 10.1. The van der Waals surface area contributed by atoms with Crippen molar-refractivity contribution in [2.45, 2.75) is 32.1 Å². The zero-order valence-electron chi connectivity index (χ0n) is 9.46. The number of ether oxygens (including phenoxy) is 2. The minimum Gasteiger partial charge on any atom is -0.382 e. The first-order chi connectivity index (χ1) is 7.34. The molecule has 3 heteroatoms. The number of Topliss-reactive ketones (excluding diaryl/α,β-unsaturated/α-hetero) is 1. The largest absolute Gasteiger partial charge is 0.382 e. The molecule has 0 aromatic rings. The van der Waals surface area contributed by atoms with Crippen molar-refractivity contribution in [2.24, 2.45) is 0 Å². The van der Waals surface area contributed by atoms with Gasteiger partial charge in [0.25, 0.3) is 0 Å². The molecule has 15 heavy (non-hydrogen) atoms. The Morgan fingerprint density at radius 1 is 1.33 bits per heavy atom. The number of hydrogen-bond acceptors (Lipinski definition) is 3. The van der Waals surface area contributed by atoms with Crippen molar-refractivity contribution in [3.8, 4) is 0 Å². The first kappa shape index (κ1) is 12.4. The van der Waals surface area contributed by atoms with Crippen LogP contribution in [0.25, 0.3) is 0 Å². The third kappa shape index (κ3) is 5.09. The highest BCUT2D eigenvalue weighted by atomic mass is 16.5. The molecule has 1 rings (SSSR count). The maximum Gasteiger partial charge on any atom is 0.160 e. The van der Waals surface area contributed by atoms with Gasteiger partial charge in [0.15, 0.2) is 5.78 Å². The molecular weight excluding hydrogens is 192 g/mol. The Morgan fingerprint density at radius 3 is 2.87 bits per heavy atom. The summed E-state index contributed by atoms with van der Waals surface area (Å²) in [5.74, 6) is 0.257. The molecule has 0 saturated carbocycles. The molecule has 0 aromatic heterocycles. The van der Waals surface area contributed by atoms with Gasteiger partial charge in [0, 0.05) is 13.5 Å². The van der Waals surface area contributed by atoms with Crippen LogP contribution in [0.2, 0.25) is 0 Å². The molecule has 0 heterocycles. The molecule has 86 valence electrons. The van der Waals surface area contributed by atoms with Crippen molar-refractivity contribution < 1.29 is 14.3 Å². The smallest absolute Gasteiger partial charge is 0.160 e. The normalized spacial score (nSPS) is 16.2. The molecule has 0 bridgehead atoms. The van der Waals surface area contributed by atoms with Crippen LogP contribution in [0, 0.1) is 0 Å². The number of rotatable bonds is 7. The maximum atomic E-state index is 11.7. The van der Waals surface area contributed by atoms with Gasteiger partial charge in [-0.05, 0) is 31.3 Å². The van der Waals surface area contributed by atoms with Crippen molar-refractivity contribution in [1.82, 2.24) is 0 Å². The topological polar surface area (TPSA) is 35.5 Å². The number of carbonyl (C=O) groups excluding carboxylic acids is 1. The minimum atomic E-state index is 0.257. The molecule has 0 saturated heterocycles. The van der Waals surface area contributed by atoms with E-state index in [0.717, 1.165) is 24.8 Å². The number of carbonyl (C=O) groups is 1. The highest BCUT2D eigenvalue weighted by Crippen LogP contribution is 2.18. The van der Waals surface area contributed by atoms with Gasteiger partial charge in [-0.1, -0.05) is 6.08 Å². The Balaban J connectivity index is 2.10. The molecule has 0 radical (unpaired) electrons. The van der Waals surface area contributed by atoms with E-state index in [1.807, 2.05) is 0 Å². The number of ketones is 1. The standard InChI is InChI=1S/C12H20O3/c1-14-9-10-15-8-7-12(13)11-5-3-2-4-6-11/h5H,2-4,6-10H2,1H3. The van der Waals surface area contributed by atoms with Crippen molar-refractivity contribution >= 4 is 5.78 Å². The number of hydrogen-bond donors (Lipinski definition) is 0. The predicted octanol–water partition coefficient (Wildman–Crippen LogP) is 2.11. The monoisotopic (exact) mass is 212 g/mol. The van der Waals surface area contributed by atoms with Crippen molar-refractivity contribution in [3.63, 3.8) is 0 Å². The summed E-state index contributed by atoms with van der Waals surface area (Å²) in [4.78, 5) is 11.7. The van der Waals surface area contributed by atoms with Crippen LogP contribution < -0.4 is 0 Å². The Hall–Kier alpha value is -0.670. The van der Waals surface area contributed by atoms with Gasteiger partial charge in [-0.2, -0.15) is 0 Å². The Kier molecular flexibility index (Phi) is 6.28. The molecule has 0 fully saturated rings. The van der Waals surface area contributed by atoms with Crippen molar-refractivity contribution in [2.75, 3.05) is 26.9 Å². The van der Waals surface area contributed by atoms with E-state index in [9.17, 15) is 4.79 Å². The lowest BCUT2D eigenvalue weighted by Gasteiger charge is -2.11. The highest BCUT2D eigenvalue weighted by Gasteiger charge is 2.11. The predicted molar refractivity (Wildman–Crippen MR) is 58.9 cm³/mol. The van der Waals surface area contributed by atoms with Crippen molar-refractivity contribution in [3.05, 3.63) is 11.6 Å². The molecule has 0 N–H and O–H groups in total. The van der Waals surface area contributed by atoms with Crippen LogP contribution in [0.5, 0.6) is 0 Å². The summed E-state index contributed by atoms with van der Waals surface area (Å²) in [6, 6.07) is 0. The van der Waals surface area contributed by atoms with E-state index in [0.29, 0.717) is 26.2 Å². The summed E-state index contributed by atoms with van der Waals surface area (Å²) in [5, 5.41) is 0. The summed E-state index contributed by atoms with van der Waals surface area (Å²) in [6.45, 7) is 1.68. The molecule has 0 spiro atoms.